The number of aromatic nitrogens is 6. The molecule has 0 aliphatic rings. The number of nitrogens with one attached hydrogen (secondary N) is 2. The van der Waals surface area contributed by atoms with Crippen molar-refractivity contribution in [2.24, 2.45) is 0 Å². The first kappa shape index (κ1) is 30.2. The minimum absolute atomic E-state index is 0.0555. The molecule has 4 aromatic rings. The smallest absolute Gasteiger partial charge is 0.406 e. The first-order valence-electron chi connectivity index (χ1n) is 11.9. The van der Waals surface area contributed by atoms with Gasteiger partial charge in [0.15, 0.2) is 5.69 Å². The molecule has 2 amide bonds. The van der Waals surface area contributed by atoms with Crippen LogP contribution in [0.1, 0.15) is 33.0 Å². The van der Waals surface area contributed by atoms with Crippen molar-refractivity contribution in [2.45, 2.75) is 44.9 Å². The summed E-state index contributed by atoms with van der Waals surface area (Å²) in [4.78, 5) is 28.7. The summed E-state index contributed by atoms with van der Waals surface area (Å²) in [6, 6.07) is 6.97. The van der Waals surface area contributed by atoms with Gasteiger partial charge in [-0.3, -0.25) is 14.6 Å². The Bertz CT molecular complexity index is 1500. The van der Waals surface area contributed by atoms with Crippen LogP contribution in [0.3, 0.4) is 0 Å². The fraction of sp³-hybridized carbons (Fsp3) is 0.292. The van der Waals surface area contributed by atoms with Gasteiger partial charge in [0.05, 0.1) is 19.2 Å². The first-order valence-corrected chi connectivity index (χ1v) is 13.8. The number of nitrogens with zero attached hydrogens (tertiary/aromatic N) is 6. The lowest BCUT2D eigenvalue weighted by Crippen LogP contribution is -2.23. The van der Waals surface area contributed by atoms with E-state index in [9.17, 15) is 27.2 Å². The maximum Gasteiger partial charge on any atom is 0.573 e. The topological polar surface area (TPSA) is 137 Å². The highest BCUT2D eigenvalue weighted by Crippen LogP contribution is 2.24. The predicted octanol–water partition coefficient (Wildman–Crippen LogP) is 4.11. The normalized spacial score (nSPS) is 12.1. The zero-order chi connectivity index (χ0) is 29.4. The monoisotopic (exact) mass is 704 g/mol. The van der Waals surface area contributed by atoms with Gasteiger partial charge in [-0.15, -0.1) is 28.5 Å². The van der Waals surface area contributed by atoms with E-state index in [2.05, 4.69) is 63.5 Å². The van der Waals surface area contributed by atoms with Gasteiger partial charge in [0.2, 0.25) is 11.0 Å². The van der Waals surface area contributed by atoms with Crippen molar-refractivity contribution in [2.75, 3.05) is 5.32 Å². The molecule has 0 radical (unpaired) electrons. The third kappa shape index (κ3) is 9.99. The van der Waals surface area contributed by atoms with Gasteiger partial charge in [-0.25, -0.2) is 9.07 Å². The van der Waals surface area contributed by atoms with Gasteiger partial charge < -0.3 is 15.4 Å². The Morgan fingerprint density at radius 2 is 1.95 bits per heavy atom. The van der Waals surface area contributed by atoms with Crippen molar-refractivity contribution >= 4 is 50.9 Å². The predicted molar refractivity (Wildman–Crippen MR) is 147 cm³/mol. The molecule has 3 aromatic heterocycles. The highest BCUT2D eigenvalue weighted by molar-refractivity contribution is 14.1. The number of aryl methyl sites for hydroxylation is 1. The van der Waals surface area contributed by atoms with Crippen LogP contribution >= 0.6 is 33.9 Å². The third-order valence-corrected chi connectivity index (χ3v) is 6.74. The summed E-state index contributed by atoms with van der Waals surface area (Å²) in [5, 5.41) is 21.3. The van der Waals surface area contributed by atoms with Gasteiger partial charge >= 0.3 is 6.36 Å². The lowest BCUT2D eigenvalue weighted by molar-refractivity contribution is -0.274. The number of pyridine rings is 1. The number of hydrogen-bond donors (Lipinski definition) is 2. The summed E-state index contributed by atoms with van der Waals surface area (Å²) in [6.45, 7) is 0.135. The van der Waals surface area contributed by atoms with E-state index < -0.39 is 30.1 Å². The van der Waals surface area contributed by atoms with Crippen molar-refractivity contribution in [3.8, 4) is 5.75 Å². The Hall–Kier alpha value is -3.74. The third-order valence-electron chi connectivity index (χ3n) is 5.25. The van der Waals surface area contributed by atoms with E-state index in [1.807, 2.05) is 6.07 Å². The summed E-state index contributed by atoms with van der Waals surface area (Å²) >= 11 is 3.18. The Morgan fingerprint density at radius 1 is 1.12 bits per heavy atom. The molecule has 4 rings (SSSR count). The van der Waals surface area contributed by atoms with Gasteiger partial charge in [-0.05, 0) is 58.3 Å². The summed E-state index contributed by atoms with van der Waals surface area (Å²) in [7, 11) is 0. The average molecular weight is 704 g/mol. The lowest BCUT2D eigenvalue weighted by Gasteiger charge is -2.09. The minimum atomic E-state index is -4.84. The van der Waals surface area contributed by atoms with Crippen LogP contribution < -0.4 is 15.4 Å². The highest BCUT2D eigenvalue weighted by Gasteiger charge is 2.31. The van der Waals surface area contributed by atoms with Gasteiger partial charge in [0.1, 0.15) is 16.9 Å². The van der Waals surface area contributed by atoms with Crippen LogP contribution in [-0.4, -0.2) is 54.5 Å². The average Bonchev–Trinajstić information content (AvgIpc) is 3.55. The van der Waals surface area contributed by atoms with Gasteiger partial charge in [0.25, 0.3) is 5.91 Å². The van der Waals surface area contributed by atoms with E-state index in [4.69, 9.17) is 0 Å². The molecule has 0 saturated carbocycles. The number of anilines is 1. The molecule has 11 nitrogen and oxygen atoms in total. The number of ether oxygens (including phenoxy) is 1. The standard InChI is InChI=1S/C24H21F4IN8O3S/c25-16(12-37-13-19(33-36-37)22(39)31-10-15-6-17(29)11-30-9-15)4-5-21-34-35-23(41-21)32-20(38)8-14-2-1-3-18(7-14)40-24(26,27)28/h1-3,6-7,9,11,13,16H,4-5,8,10,12H2,(H,31,39)(H,32,35,38). The maximum atomic E-state index is 14.6. The molecule has 216 valence electrons. The quantitative estimate of drug-likeness (QED) is 0.166. The van der Waals surface area contributed by atoms with Crippen molar-refractivity contribution in [3.63, 3.8) is 0 Å². The molecule has 17 heteroatoms. The van der Waals surface area contributed by atoms with Crippen LogP contribution in [-0.2, 0) is 30.7 Å². The number of alkyl halides is 4. The fourth-order valence-electron chi connectivity index (χ4n) is 3.50. The molecule has 1 aromatic carbocycles. The number of hydrogen-bond acceptors (Lipinski definition) is 9. The second-order valence-corrected chi connectivity index (χ2v) is 10.9. The first-order chi connectivity index (χ1) is 19.5. The van der Waals surface area contributed by atoms with E-state index in [1.165, 1.54) is 23.0 Å². The van der Waals surface area contributed by atoms with Crippen LogP contribution in [0.15, 0.2) is 48.9 Å². The van der Waals surface area contributed by atoms with Crippen molar-refractivity contribution in [3.05, 3.63) is 74.3 Å². The number of halogens is 5. The molecule has 2 N–H and O–H groups in total. The zero-order valence-corrected chi connectivity index (χ0v) is 23.9. The van der Waals surface area contributed by atoms with E-state index in [0.29, 0.717) is 10.6 Å². The second-order valence-electron chi connectivity index (χ2n) is 8.58. The Labute approximate surface area is 247 Å². The molecule has 3 heterocycles. The largest absolute Gasteiger partial charge is 0.573 e. The molecule has 0 aliphatic heterocycles. The minimum Gasteiger partial charge on any atom is -0.406 e. The van der Waals surface area contributed by atoms with E-state index >= 15 is 0 Å². The Morgan fingerprint density at radius 3 is 2.73 bits per heavy atom. The number of benzene rings is 1. The summed E-state index contributed by atoms with van der Waals surface area (Å²) in [6.07, 6.45) is -1.36. The van der Waals surface area contributed by atoms with Gasteiger partial charge in [0, 0.05) is 28.9 Å². The van der Waals surface area contributed by atoms with Crippen LogP contribution in [0.5, 0.6) is 5.75 Å². The molecule has 0 aliphatic carbocycles. The lowest BCUT2D eigenvalue weighted by atomic mass is 10.1. The molecule has 1 atom stereocenters. The second kappa shape index (κ2) is 13.7. The molecule has 0 saturated heterocycles. The molecular formula is C24H21F4IN8O3S. The van der Waals surface area contributed by atoms with E-state index in [1.54, 1.807) is 12.4 Å². The molecule has 0 bridgehead atoms. The van der Waals surface area contributed by atoms with Crippen molar-refractivity contribution < 1.29 is 31.9 Å². The Balaban J connectivity index is 1.20. The highest BCUT2D eigenvalue weighted by atomic mass is 127. The Kier molecular flexibility index (Phi) is 10.1. The number of amides is 2. The van der Waals surface area contributed by atoms with Crippen LogP contribution in [0.25, 0.3) is 0 Å². The van der Waals surface area contributed by atoms with Gasteiger partial charge in [-0.2, -0.15) is 0 Å². The van der Waals surface area contributed by atoms with Crippen molar-refractivity contribution in [1.29, 1.82) is 0 Å². The maximum absolute atomic E-state index is 14.6. The molecule has 41 heavy (non-hydrogen) atoms. The number of carbonyl (C=O) groups excluding carboxylic acids is 2. The molecule has 0 fully saturated rings. The summed E-state index contributed by atoms with van der Waals surface area (Å²) in [5.41, 5.74) is 1.19. The van der Waals surface area contributed by atoms with Crippen LogP contribution in [0, 0.1) is 3.57 Å². The number of carbonyl (C=O) groups is 2. The fourth-order valence-corrected chi connectivity index (χ4v) is 4.83. The van der Waals surface area contributed by atoms with Crippen molar-refractivity contribution in [1.82, 2.24) is 35.5 Å². The summed E-state index contributed by atoms with van der Waals surface area (Å²) in [5.74, 6) is -1.39. The van der Waals surface area contributed by atoms with E-state index in [-0.39, 0.29) is 43.2 Å². The zero-order valence-electron chi connectivity index (χ0n) is 20.9. The van der Waals surface area contributed by atoms with Gasteiger partial charge in [-0.1, -0.05) is 28.7 Å². The van der Waals surface area contributed by atoms with Crippen LogP contribution in [0.4, 0.5) is 22.7 Å². The summed E-state index contributed by atoms with van der Waals surface area (Å²) < 4.78 is 57.8. The van der Waals surface area contributed by atoms with Crippen LogP contribution in [0.2, 0.25) is 0 Å². The van der Waals surface area contributed by atoms with E-state index in [0.717, 1.165) is 32.6 Å². The number of rotatable bonds is 12. The molecular weight excluding hydrogens is 683 g/mol. The molecule has 1 unspecified atom stereocenters. The SMILES string of the molecule is O=C(Cc1cccc(OC(F)(F)F)c1)Nc1nnc(CCC(F)Cn2cc(C(=O)NCc3cncc(I)c3)nn2)s1. The molecule has 0 spiro atoms.